The maximum Gasteiger partial charge on any atom is 0.337 e. The number of aliphatic hydroxyl groups is 1. The largest absolute Gasteiger partial charge is 0.493 e. The molecule has 3 aromatic rings. The minimum Gasteiger partial charge on any atom is -0.493 e. The summed E-state index contributed by atoms with van der Waals surface area (Å²) in [5, 5.41) is 12.4. The van der Waals surface area contributed by atoms with Gasteiger partial charge in [0.25, 0.3) is 0 Å². The van der Waals surface area contributed by atoms with Crippen LogP contribution in [0.4, 0.5) is 0 Å². The maximum absolute atomic E-state index is 11.9. The zero-order valence-electron chi connectivity index (χ0n) is 19.2. The van der Waals surface area contributed by atoms with E-state index in [0.29, 0.717) is 5.56 Å². The molecule has 1 aromatic heterocycles. The third-order valence-corrected chi connectivity index (χ3v) is 7.27. The van der Waals surface area contributed by atoms with Crippen LogP contribution in [0.25, 0.3) is 10.9 Å². The van der Waals surface area contributed by atoms with Crippen LogP contribution in [0.1, 0.15) is 52.7 Å². The molecule has 5 rings (SSSR count). The molecule has 6 heteroatoms. The molecule has 0 unspecified atom stereocenters. The van der Waals surface area contributed by atoms with Crippen molar-refractivity contribution in [1.82, 2.24) is 9.88 Å². The number of H-pyrrole nitrogens is 1. The van der Waals surface area contributed by atoms with Gasteiger partial charge in [-0.1, -0.05) is 6.07 Å². The minimum atomic E-state index is -0.727. The Morgan fingerprint density at radius 3 is 2.85 bits per heavy atom. The van der Waals surface area contributed by atoms with Crippen LogP contribution in [0.15, 0.2) is 42.6 Å². The lowest BCUT2D eigenvalue weighted by atomic mass is 9.83. The number of nitrogens with one attached hydrogen (secondary N) is 1. The number of unbranched alkanes of at least 4 members (excludes halogenated alkanes) is 1. The Labute approximate surface area is 194 Å². The standard InChI is InChI=1S/C27H32N2O4/c1-32-26(30)20-5-7-24-23(17-20)21(18-28-24)4-2-3-12-29-13-10-27(31,11-14-29)22-6-8-25-19(16-22)9-15-33-25/h5-8,16-18,28,31H,2-4,9-15H2,1H3. The predicted octanol–water partition coefficient (Wildman–Crippen LogP) is 4.20. The Bertz CT molecular complexity index is 1140. The van der Waals surface area contributed by atoms with Gasteiger partial charge < -0.3 is 24.5 Å². The molecule has 0 radical (unpaired) electrons. The molecule has 0 saturated carbocycles. The highest BCUT2D eigenvalue weighted by molar-refractivity contribution is 5.95. The second-order valence-electron chi connectivity index (χ2n) is 9.32. The van der Waals surface area contributed by atoms with Crippen molar-refractivity contribution in [2.24, 2.45) is 0 Å². The molecule has 0 spiro atoms. The van der Waals surface area contributed by atoms with Gasteiger partial charge in [-0.15, -0.1) is 0 Å². The lowest BCUT2D eigenvalue weighted by Gasteiger charge is -2.38. The van der Waals surface area contributed by atoms with Gasteiger partial charge in [-0.25, -0.2) is 4.79 Å². The van der Waals surface area contributed by atoms with E-state index in [1.807, 2.05) is 30.5 Å². The van der Waals surface area contributed by atoms with Crippen LogP contribution in [0, 0.1) is 0 Å². The van der Waals surface area contributed by atoms with Crippen molar-refractivity contribution in [2.45, 2.75) is 44.1 Å². The molecular formula is C27H32N2O4. The first-order valence-electron chi connectivity index (χ1n) is 11.9. The second-order valence-corrected chi connectivity index (χ2v) is 9.32. The van der Waals surface area contributed by atoms with Crippen LogP contribution >= 0.6 is 0 Å². The van der Waals surface area contributed by atoms with Crippen molar-refractivity contribution in [1.29, 1.82) is 0 Å². The van der Waals surface area contributed by atoms with E-state index < -0.39 is 5.60 Å². The first kappa shape index (κ1) is 22.0. The Morgan fingerprint density at radius 2 is 2.03 bits per heavy atom. The summed E-state index contributed by atoms with van der Waals surface area (Å²) in [5.41, 5.74) is 4.41. The highest BCUT2D eigenvalue weighted by Gasteiger charge is 2.34. The number of methoxy groups -OCH3 is 1. The number of carbonyl (C=O) groups excluding carboxylic acids is 1. The van der Waals surface area contributed by atoms with Gasteiger partial charge in [0.05, 0.1) is 24.9 Å². The van der Waals surface area contributed by atoms with Crippen molar-refractivity contribution in [2.75, 3.05) is 33.4 Å². The van der Waals surface area contributed by atoms with E-state index in [4.69, 9.17) is 9.47 Å². The van der Waals surface area contributed by atoms with E-state index >= 15 is 0 Å². The summed E-state index contributed by atoms with van der Waals surface area (Å²) in [4.78, 5) is 17.6. The highest BCUT2D eigenvalue weighted by atomic mass is 16.5. The van der Waals surface area contributed by atoms with Crippen molar-refractivity contribution in [3.8, 4) is 5.75 Å². The predicted molar refractivity (Wildman–Crippen MR) is 128 cm³/mol. The number of benzene rings is 2. The Hall–Kier alpha value is -2.83. The average Bonchev–Trinajstić information content (AvgIpc) is 3.48. The second kappa shape index (κ2) is 9.20. The Kier molecular flexibility index (Phi) is 6.13. The Balaban J connectivity index is 1.11. The smallest absolute Gasteiger partial charge is 0.337 e. The fourth-order valence-corrected chi connectivity index (χ4v) is 5.19. The number of carbonyl (C=O) groups is 1. The summed E-state index contributed by atoms with van der Waals surface area (Å²) in [6, 6.07) is 11.8. The summed E-state index contributed by atoms with van der Waals surface area (Å²) in [5.74, 6) is 0.666. The lowest BCUT2D eigenvalue weighted by Crippen LogP contribution is -2.42. The number of aromatic amines is 1. The van der Waals surface area contributed by atoms with Crippen LogP contribution in [-0.4, -0.2) is 54.3 Å². The lowest BCUT2D eigenvalue weighted by molar-refractivity contribution is -0.0261. The fraction of sp³-hybridized carbons (Fsp3) is 0.444. The van der Waals surface area contributed by atoms with Gasteiger partial charge >= 0.3 is 5.97 Å². The molecule has 33 heavy (non-hydrogen) atoms. The number of fused-ring (bicyclic) bond motifs is 2. The molecule has 1 saturated heterocycles. The zero-order chi connectivity index (χ0) is 22.8. The van der Waals surface area contributed by atoms with Crippen molar-refractivity contribution >= 4 is 16.9 Å². The quantitative estimate of drug-likeness (QED) is 0.419. The molecule has 6 nitrogen and oxygen atoms in total. The molecule has 0 aliphatic carbocycles. The van der Waals surface area contributed by atoms with E-state index in [1.165, 1.54) is 18.2 Å². The van der Waals surface area contributed by atoms with Gasteiger partial charge in [0.15, 0.2) is 0 Å². The molecular weight excluding hydrogens is 416 g/mol. The van der Waals surface area contributed by atoms with Gasteiger partial charge in [-0.05, 0) is 85.7 Å². The van der Waals surface area contributed by atoms with Gasteiger partial charge in [0.1, 0.15) is 5.75 Å². The fourth-order valence-electron chi connectivity index (χ4n) is 5.19. The summed E-state index contributed by atoms with van der Waals surface area (Å²) < 4.78 is 10.5. The monoisotopic (exact) mass is 448 g/mol. The van der Waals surface area contributed by atoms with E-state index in [2.05, 4.69) is 16.0 Å². The molecule has 2 N–H and O–H groups in total. The number of hydrogen-bond acceptors (Lipinski definition) is 5. The van der Waals surface area contributed by atoms with Gasteiger partial charge in [0, 0.05) is 36.6 Å². The molecule has 0 atom stereocenters. The van der Waals surface area contributed by atoms with Crippen LogP contribution in [0.2, 0.25) is 0 Å². The molecule has 2 aliphatic heterocycles. The zero-order valence-corrected chi connectivity index (χ0v) is 19.2. The summed E-state index contributed by atoms with van der Waals surface area (Å²) in [6.07, 6.45) is 7.69. The molecule has 0 amide bonds. The summed E-state index contributed by atoms with van der Waals surface area (Å²) in [6.45, 7) is 3.62. The number of aryl methyl sites for hydroxylation is 1. The van der Waals surface area contributed by atoms with Crippen LogP contribution in [-0.2, 0) is 23.2 Å². The average molecular weight is 449 g/mol. The van der Waals surface area contributed by atoms with Crippen molar-refractivity contribution in [3.05, 3.63) is 64.8 Å². The molecule has 2 aliphatic rings. The summed E-state index contributed by atoms with van der Waals surface area (Å²) in [7, 11) is 1.41. The molecule has 2 aromatic carbocycles. The number of hydrogen-bond donors (Lipinski definition) is 2. The molecule has 1 fully saturated rings. The first-order valence-corrected chi connectivity index (χ1v) is 11.9. The van der Waals surface area contributed by atoms with E-state index in [9.17, 15) is 9.90 Å². The van der Waals surface area contributed by atoms with Crippen molar-refractivity contribution < 1.29 is 19.4 Å². The van der Waals surface area contributed by atoms with Gasteiger partial charge in [-0.3, -0.25) is 0 Å². The number of piperidine rings is 1. The number of rotatable bonds is 7. The normalized spacial score (nSPS) is 17.6. The number of aromatic nitrogens is 1. The van der Waals surface area contributed by atoms with E-state index in [-0.39, 0.29) is 5.97 Å². The van der Waals surface area contributed by atoms with Crippen LogP contribution in [0.3, 0.4) is 0 Å². The number of likely N-dealkylation sites (tertiary alicyclic amines) is 1. The molecule has 174 valence electrons. The number of ether oxygens (including phenoxy) is 2. The number of esters is 1. The highest BCUT2D eigenvalue weighted by Crippen LogP contribution is 2.36. The minimum absolute atomic E-state index is 0.303. The third kappa shape index (κ3) is 4.50. The molecule has 0 bridgehead atoms. The van der Waals surface area contributed by atoms with E-state index in [0.717, 1.165) is 87.0 Å². The third-order valence-electron chi connectivity index (χ3n) is 7.27. The van der Waals surface area contributed by atoms with Gasteiger partial charge in [-0.2, -0.15) is 0 Å². The van der Waals surface area contributed by atoms with E-state index in [1.54, 1.807) is 6.07 Å². The maximum atomic E-state index is 11.9. The Morgan fingerprint density at radius 1 is 1.18 bits per heavy atom. The van der Waals surface area contributed by atoms with Crippen molar-refractivity contribution in [3.63, 3.8) is 0 Å². The SMILES string of the molecule is COC(=O)c1ccc2[nH]cc(CCCCN3CCC(O)(c4ccc5c(c4)CCO5)CC3)c2c1. The number of nitrogens with zero attached hydrogens (tertiary/aromatic N) is 1. The molecule has 3 heterocycles. The summed E-state index contributed by atoms with van der Waals surface area (Å²) >= 11 is 0. The van der Waals surface area contributed by atoms with Gasteiger partial charge in [0.2, 0.25) is 0 Å². The van der Waals surface area contributed by atoms with Crippen LogP contribution in [0.5, 0.6) is 5.75 Å². The van der Waals surface area contributed by atoms with Crippen LogP contribution < -0.4 is 4.74 Å². The first-order chi connectivity index (χ1) is 16.1. The topological polar surface area (TPSA) is 74.8 Å².